The molecule has 1 fully saturated rings. The van der Waals surface area contributed by atoms with Crippen LogP contribution in [0.1, 0.15) is 12.0 Å². The Bertz CT molecular complexity index is 255. The third-order valence-corrected chi connectivity index (χ3v) is 2.85. The maximum absolute atomic E-state index is 4.05. The van der Waals surface area contributed by atoms with Gasteiger partial charge in [0.25, 0.3) is 0 Å². The summed E-state index contributed by atoms with van der Waals surface area (Å²) in [6.45, 7) is 2.49. The van der Waals surface area contributed by atoms with Crippen LogP contribution in [0.5, 0.6) is 0 Å². The minimum atomic E-state index is 0.856. The zero-order chi connectivity index (χ0) is 9.10. The first-order chi connectivity index (χ1) is 6.34. The van der Waals surface area contributed by atoms with Gasteiger partial charge >= 0.3 is 0 Å². The second kappa shape index (κ2) is 3.93. The Balaban J connectivity index is 1.92. The van der Waals surface area contributed by atoms with Crippen molar-refractivity contribution in [1.82, 2.24) is 0 Å². The molecule has 1 heterocycles. The van der Waals surface area contributed by atoms with Gasteiger partial charge in [-0.2, -0.15) is 7.05 Å². The second-order valence-electron chi connectivity index (χ2n) is 4.05. The van der Waals surface area contributed by atoms with Crippen LogP contribution in [0.15, 0.2) is 30.3 Å². The van der Waals surface area contributed by atoms with Crippen LogP contribution in [0.3, 0.4) is 0 Å². The molecule has 13 heavy (non-hydrogen) atoms. The Labute approximate surface area is 80.4 Å². The van der Waals surface area contributed by atoms with E-state index in [1.54, 1.807) is 0 Å². The fraction of sp³-hybridized carbons (Fsp3) is 0.417. The SMILES string of the molecule is [CH2-][NH+]1CCC(Cc2ccccc2)C1. The number of benzene rings is 1. The van der Waals surface area contributed by atoms with E-state index in [0.717, 1.165) is 5.92 Å². The number of hydrogen-bond donors (Lipinski definition) is 1. The minimum Gasteiger partial charge on any atom is -0.468 e. The molecule has 0 aromatic heterocycles. The molecule has 1 aliphatic heterocycles. The van der Waals surface area contributed by atoms with Gasteiger partial charge in [-0.1, -0.05) is 30.3 Å². The van der Waals surface area contributed by atoms with Crippen molar-refractivity contribution in [3.63, 3.8) is 0 Å². The van der Waals surface area contributed by atoms with Gasteiger partial charge in [-0.25, -0.2) is 0 Å². The molecular formula is C12H17N. The van der Waals surface area contributed by atoms with Crippen LogP contribution in [0.4, 0.5) is 0 Å². The van der Waals surface area contributed by atoms with Crippen molar-refractivity contribution in [2.75, 3.05) is 13.1 Å². The molecule has 0 saturated carbocycles. The molecule has 0 amide bonds. The van der Waals surface area contributed by atoms with E-state index in [1.165, 1.54) is 36.4 Å². The summed E-state index contributed by atoms with van der Waals surface area (Å²) in [7, 11) is 4.05. The van der Waals surface area contributed by atoms with Crippen LogP contribution >= 0.6 is 0 Å². The molecule has 0 aliphatic carbocycles. The van der Waals surface area contributed by atoms with Gasteiger partial charge in [0.1, 0.15) is 0 Å². The van der Waals surface area contributed by atoms with E-state index in [2.05, 4.69) is 37.4 Å². The first-order valence-electron chi connectivity index (χ1n) is 5.05. The highest BCUT2D eigenvalue weighted by Gasteiger charge is 2.19. The van der Waals surface area contributed by atoms with E-state index in [9.17, 15) is 0 Å². The Morgan fingerprint density at radius 2 is 2.08 bits per heavy atom. The summed E-state index contributed by atoms with van der Waals surface area (Å²) < 4.78 is 0. The maximum atomic E-state index is 4.05. The highest BCUT2D eigenvalue weighted by atomic mass is 15.1. The molecule has 1 N–H and O–H groups in total. The van der Waals surface area contributed by atoms with E-state index in [1.807, 2.05) is 0 Å². The Kier molecular flexibility index (Phi) is 2.65. The summed E-state index contributed by atoms with van der Waals surface area (Å²) in [5.74, 6) is 0.856. The smallest absolute Gasteiger partial charge is 0.0564 e. The Morgan fingerprint density at radius 1 is 1.31 bits per heavy atom. The zero-order valence-electron chi connectivity index (χ0n) is 8.00. The molecule has 0 radical (unpaired) electrons. The van der Waals surface area contributed by atoms with Crippen molar-refractivity contribution in [3.8, 4) is 0 Å². The summed E-state index contributed by atoms with van der Waals surface area (Å²) in [5.41, 5.74) is 1.47. The molecule has 1 aromatic rings. The average molecular weight is 175 g/mol. The first kappa shape index (κ1) is 8.76. The topological polar surface area (TPSA) is 4.44 Å². The lowest BCUT2D eigenvalue weighted by Crippen LogP contribution is -3.04. The number of hydrogen-bond acceptors (Lipinski definition) is 0. The molecule has 1 heteroatoms. The summed E-state index contributed by atoms with van der Waals surface area (Å²) in [5, 5.41) is 0. The third-order valence-electron chi connectivity index (χ3n) is 2.85. The van der Waals surface area contributed by atoms with Gasteiger partial charge in [0, 0.05) is 12.3 Å². The van der Waals surface area contributed by atoms with Crippen molar-refractivity contribution in [1.29, 1.82) is 0 Å². The van der Waals surface area contributed by atoms with E-state index in [-0.39, 0.29) is 0 Å². The quantitative estimate of drug-likeness (QED) is 0.638. The molecule has 70 valence electrons. The van der Waals surface area contributed by atoms with Crippen LogP contribution in [-0.4, -0.2) is 13.1 Å². The highest BCUT2D eigenvalue weighted by Crippen LogP contribution is 2.12. The summed E-state index contributed by atoms with van der Waals surface area (Å²) in [6.07, 6.45) is 2.58. The minimum absolute atomic E-state index is 0.856. The van der Waals surface area contributed by atoms with Crippen molar-refractivity contribution in [2.24, 2.45) is 5.92 Å². The van der Waals surface area contributed by atoms with Crippen LogP contribution in [0.2, 0.25) is 0 Å². The van der Waals surface area contributed by atoms with Gasteiger partial charge in [0.15, 0.2) is 0 Å². The molecule has 2 unspecified atom stereocenters. The van der Waals surface area contributed by atoms with Crippen molar-refractivity contribution in [3.05, 3.63) is 42.9 Å². The lowest BCUT2D eigenvalue weighted by atomic mass is 9.99. The molecular weight excluding hydrogens is 158 g/mol. The fourth-order valence-corrected chi connectivity index (χ4v) is 2.14. The molecule has 1 nitrogen and oxygen atoms in total. The lowest BCUT2D eigenvalue weighted by molar-refractivity contribution is -0.841. The Morgan fingerprint density at radius 3 is 2.69 bits per heavy atom. The van der Waals surface area contributed by atoms with Gasteiger partial charge < -0.3 is 4.90 Å². The monoisotopic (exact) mass is 175 g/mol. The molecule has 1 saturated heterocycles. The third kappa shape index (κ3) is 2.31. The first-order valence-corrected chi connectivity index (χ1v) is 5.05. The highest BCUT2D eigenvalue weighted by molar-refractivity contribution is 5.15. The van der Waals surface area contributed by atoms with Gasteiger partial charge in [-0.15, -0.1) is 0 Å². The van der Waals surface area contributed by atoms with Crippen molar-refractivity contribution >= 4 is 0 Å². The molecule has 2 rings (SSSR count). The van der Waals surface area contributed by atoms with Crippen LogP contribution < -0.4 is 4.90 Å². The normalized spacial score (nSPS) is 27.8. The number of rotatable bonds is 2. The second-order valence-corrected chi connectivity index (χ2v) is 4.05. The number of quaternary nitrogens is 1. The van der Waals surface area contributed by atoms with Crippen LogP contribution in [-0.2, 0) is 6.42 Å². The van der Waals surface area contributed by atoms with Crippen molar-refractivity contribution in [2.45, 2.75) is 12.8 Å². The number of likely N-dealkylation sites (tertiary alicyclic amines) is 1. The average Bonchev–Trinajstić information content (AvgIpc) is 2.53. The largest absolute Gasteiger partial charge is 0.468 e. The zero-order valence-corrected chi connectivity index (χ0v) is 8.00. The van der Waals surface area contributed by atoms with Gasteiger partial charge in [-0.05, 0) is 12.0 Å². The van der Waals surface area contributed by atoms with Gasteiger partial charge in [0.05, 0.1) is 13.1 Å². The molecule has 0 bridgehead atoms. The van der Waals surface area contributed by atoms with E-state index in [4.69, 9.17) is 0 Å². The number of nitrogens with one attached hydrogen (secondary N) is 1. The fourth-order valence-electron chi connectivity index (χ4n) is 2.14. The molecule has 1 aliphatic rings. The molecule has 1 aromatic carbocycles. The van der Waals surface area contributed by atoms with Gasteiger partial charge in [0.2, 0.25) is 0 Å². The molecule has 0 spiro atoms. The maximum Gasteiger partial charge on any atom is 0.0564 e. The summed E-state index contributed by atoms with van der Waals surface area (Å²) in [6, 6.07) is 10.8. The predicted molar refractivity (Wildman–Crippen MR) is 54.3 cm³/mol. The summed E-state index contributed by atoms with van der Waals surface area (Å²) in [4.78, 5) is 1.45. The van der Waals surface area contributed by atoms with E-state index in [0.29, 0.717) is 0 Å². The standard InChI is InChI=1S/C12H17N/c1-13-8-7-12(10-13)9-11-5-3-2-4-6-11/h2-6,12-13H,1,7-10H2. The van der Waals surface area contributed by atoms with Crippen molar-refractivity contribution < 1.29 is 4.90 Å². The van der Waals surface area contributed by atoms with Crippen LogP contribution in [0, 0.1) is 13.0 Å². The van der Waals surface area contributed by atoms with Gasteiger partial charge in [-0.3, -0.25) is 0 Å². The Hall–Kier alpha value is -0.820. The lowest BCUT2D eigenvalue weighted by Gasteiger charge is -2.12. The predicted octanol–water partition coefficient (Wildman–Crippen LogP) is 0.925. The van der Waals surface area contributed by atoms with E-state index < -0.39 is 0 Å². The summed E-state index contributed by atoms with van der Waals surface area (Å²) >= 11 is 0. The van der Waals surface area contributed by atoms with Crippen LogP contribution in [0.25, 0.3) is 0 Å². The molecule has 2 atom stereocenters. The van der Waals surface area contributed by atoms with E-state index >= 15 is 0 Å².